The Kier molecular flexibility index (Phi) is 6.06. The van der Waals surface area contributed by atoms with Gasteiger partial charge in [-0.15, -0.1) is 0 Å². The SMILES string of the molecule is C/C=C(\CCC(O)C(C)C)C(C)C. The summed E-state index contributed by atoms with van der Waals surface area (Å²) in [5.41, 5.74) is 1.46. The van der Waals surface area contributed by atoms with Crippen molar-refractivity contribution in [2.75, 3.05) is 0 Å². The fourth-order valence-electron chi connectivity index (χ4n) is 1.41. The molecule has 1 heteroatoms. The third-order valence-corrected chi connectivity index (χ3v) is 2.61. The summed E-state index contributed by atoms with van der Waals surface area (Å²) in [6, 6.07) is 0. The van der Waals surface area contributed by atoms with Gasteiger partial charge in [-0.25, -0.2) is 0 Å². The van der Waals surface area contributed by atoms with E-state index in [4.69, 9.17) is 0 Å². The number of hydrogen-bond donors (Lipinski definition) is 1. The van der Waals surface area contributed by atoms with Crippen LogP contribution in [0.15, 0.2) is 11.6 Å². The van der Waals surface area contributed by atoms with E-state index in [0.717, 1.165) is 12.8 Å². The second-order valence-electron chi connectivity index (χ2n) is 4.37. The van der Waals surface area contributed by atoms with Crippen LogP contribution in [-0.2, 0) is 0 Å². The number of rotatable bonds is 5. The molecule has 0 aromatic carbocycles. The average molecular weight is 184 g/mol. The van der Waals surface area contributed by atoms with E-state index in [2.05, 4.69) is 40.7 Å². The lowest BCUT2D eigenvalue weighted by Crippen LogP contribution is -2.15. The molecule has 0 fully saturated rings. The molecule has 0 aliphatic heterocycles. The van der Waals surface area contributed by atoms with Crippen molar-refractivity contribution < 1.29 is 5.11 Å². The van der Waals surface area contributed by atoms with Crippen LogP contribution in [0, 0.1) is 11.8 Å². The fourth-order valence-corrected chi connectivity index (χ4v) is 1.41. The van der Waals surface area contributed by atoms with E-state index >= 15 is 0 Å². The van der Waals surface area contributed by atoms with Crippen molar-refractivity contribution in [1.29, 1.82) is 0 Å². The highest BCUT2D eigenvalue weighted by atomic mass is 16.3. The highest BCUT2D eigenvalue weighted by Gasteiger charge is 2.10. The predicted molar refractivity (Wildman–Crippen MR) is 58.7 cm³/mol. The Morgan fingerprint density at radius 1 is 1.23 bits per heavy atom. The van der Waals surface area contributed by atoms with Crippen LogP contribution in [0.2, 0.25) is 0 Å². The number of allylic oxidation sites excluding steroid dienone is 2. The van der Waals surface area contributed by atoms with Gasteiger partial charge in [-0.05, 0) is 31.6 Å². The summed E-state index contributed by atoms with van der Waals surface area (Å²) >= 11 is 0. The normalized spacial score (nSPS) is 15.5. The van der Waals surface area contributed by atoms with Gasteiger partial charge in [0.25, 0.3) is 0 Å². The Morgan fingerprint density at radius 3 is 2.08 bits per heavy atom. The lowest BCUT2D eigenvalue weighted by atomic mass is 9.94. The zero-order valence-electron chi connectivity index (χ0n) is 9.67. The molecule has 1 unspecified atom stereocenters. The minimum Gasteiger partial charge on any atom is -0.393 e. The summed E-state index contributed by atoms with van der Waals surface area (Å²) in [6.07, 6.45) is 3.97. The second-order valence-corrected chi connectivity index (χ2v) is 4.37. The minimum absolute atomic E-state index is 0.145. The van der Waals surface area contributed by atoms with E-state index < -0.39 is 0 Å². The summed E-state index contributed by atoms with van der Waals surface area (Å²) in [5.74, 6) is 0.995. The van der Waals surface area contributed by atoms with Crippen molar-refractivity contribution in [2.45, 2.75) is 53.6 Å². The molecule has 0 radical (unpaired) electrons. The van der Waals surface area contributed by atoms with Gasteiger partial charge >= 0.3 is 0 Å². The molecule has 0 heterocycles. The maximum atomic E-state index is 9.63. The maximum absolute atomic E-state index is 9.63. The van der Waals surface area contributed by atoms with Crippen LogP contribution in [0.3, 0.4) is 0 Å². The summed E-state index contributed by atoms with van der Waals surface area (Å²) in [6.45, 7) is 10.6. The van der Waals surface area contributed by atoms with Gasteiger partial charge in [0.05, 0.1) is 6.10 Å². The third-order valence-electron chi connectivity index (χ3n) is 2.61. The van der Waals surface area contributed by atoms with Crippen LogP contribution in [0.25, 0.3) is 0 Å². The molecule has 0 bridgehead atoms. The van der Waals surface area contributed by atoms with E-state index in [9.17, 15) is 5.11 Å². The van der Waals surface area contributed by atoms with Gasteiger partial charge in [-0.2, -0.15) is 0 Å². The largest absolute Gasteiger partial charge is 0.393 e. The van der Waals surface area contributed by atoms with Crippen LogP contribution in [0.1, 0.15) is 47.5 Å². The Morgan fingerprint density at radius 2 is 1.77 bits per heavy atom. The van der Waals surface area contributed by atoms with Crippen LogP contribution in [0.4, 0.5) is 0 Å². The first kappa shape index (κ1) is 12.7. The molecule has 0 spiro atoms. The van der Waals surface area contributed by atoms with Gasteiger partial charge in [0.15, 0.2) is 0 Å². The Labute approximate surface area is 82.9 Å². The zero-order valence-corrected chi connectivity index (χ0v) is 9.67. The fraction of sp³-hybridized carbons (Fsp3) is 0.833. The molecular formula is C12H24O. The van der Waals surface area contributed by atoms with Crippen molar-refractivity contribution in [3.05, 3.63) is 11.6 Å². The molecule has 0 amide bonds. The highest BCUT2D eigenvalue weighted by molar-refractivity contribution is 5.03. The molecule has 0 aromatic heterocycles. The predicted octanol–water partition coefficient (Wildman–Crippen LogP) is 3.39. The van der Waals surface area contributed by atoms with Crippen molar-refractivity contribution in [2.24, 2.45) is 11.8 Å². The van der Waals surface area contributed by atoms with Crippen LogP contribution in [0.5, 0.6) is 0 Å². The molecule has 0 saturated carbocycles. The summed E-state index contributed by atoms with van der Waals surface area (Å²) in [5, 5.41) is 9.63. The van der Waals surface area contributed by atoms with Gasteiger partial charge in [-0.1, -0.05) is 39.3 Å². The summed E-state index contributed by atoms with van der Waals surface area (Å²) < 4.78 is 0. The Hall–Kier alpha value is -0.300. The number of aliphatic hydroxyl groups excluding tert-OH is 1. The molecule has 0 aromatic rings. The summed E-state index contributed by atoms with van der Waals surface area (Å²) in [7, 11) is 0. The summed E-state index contributed by atoms with van der Waals surface area (Å²) in [4.78, 5) is 0. The first-order chi connectivity index (χ1) is 5.99. The zero-order chi connectivity index (χ0) is 10.4. The molecule has 78 valence electrons. The quantitative estimate of drug-likeness (QED) is 0.649. The van der Waals surface area contributed by atoms with Crippen LogP contribution in [-0.4, -0.2) is 11.2 Å². The van der Waals surface area contributed by atoms with E-state index in [1.807, 2.05) is 0 Å². The van der Waals surface area contributed by atoms with E-state index in [1.54, 1.807) is 0 Å². The monoisotopic (exact) mass is 184 g/mol. The van der Waals surface area contributed by atoms with Gasteiger partial charge in [0.1, 0.15) is 0 Å². The smallest absolute Gasteiger partial charge is 0.0566 e. The van der Waals surface area contributed by atoms with Crippen molar-refractivity contribution >= 4 is 0 Å². The lowest BCUT2D eigenvalue weighted by molar-refractivity contribution is 0.116. The topological polar surface area (TPSA) is 20.2 Å². The molecule has 0 saturated heterocycles. The van der Waals surface area contributed by atoms with Crippen LogP contribution >= 0.6 is 0 Å². The standard InChI is InChI=1S/C12H24O/c1-6-11(9(2)3)7-8-12(13)10(4)5/h6,9-10,12-13H,7-8H2,1-5H3/b11-6+. The second kappa shape index (κ2) is 6.20. The Balaban J connectivity index is 3.87. The maximum Gasteiger partial charge on any atom is 0.0566 e. The highest BCUT2D eigenvalue weighted by Crippen LogP contribution is 2.18. The van der Waals surface area contributed by atoms with E-state index in [-0.39, 0.29) is 6.10 Å². The van der Waals surface area contributed by atoms with Gasteiger partial charge in [0, 0.05) is 0 Å². The minimum atomic E-state index is -0.145. The lowest BCUT2D eigenvalue weighted by Gasteiger charge is -2.17. The van der Waals surface area contributed by atoms with Gasteiger partial charge in [-0.3, -0.25) is 0 Å². The van der Waals surface area contributed by atoms with Crippen molar-refractivity contribution in [3.63, 3.8) is 0 Å². The number of hydrogen-bond acceptors (Lipinski definition) is 1. The Bertz CT molecular complexity index is 157. The van der Waals surface area contributed by atoms with Crippen molar-refractivity contribution in [3.8, 4) is 0 Å². The third kappa shape index (κ3) is 5.09. The van der Waals surface area contributed by atoms with Crippen molar-refractivity contribution in [1.82, 2.24) is 0 Å². The van der Waals surface area contributed by atoms with Gasteiger partial charge in [0.2, 0.25) is 0 Å². The van der Waals surface area contributed by atoms with Gasteiger partial charge < -0.3 is 5.11 Å². The molecule has 1 atom stereocenters. The first-order valence-electron chi connectivity index (χ1n) is 5.32. The molecule has 1 nitrogen and oxygen atoms in total. The average Bonchev–Trinajstić information content (AvgIpc) is 2.04. The molecule has 13 heavy (non-hydrogen) atoms. The molecule has 0 aliphatic carbocycles. The first-order valence-corrected chi connectivity index (χ1v) is 5.32. The molecule has 0 aliphatic rings. The van der Waals surface area contributed by atoms with Crippen LogP contribution < -0.4 is 0 Å². The van der Waals surface area contributed by atoms with E-state index in [0.29, 0.717) is 11.8 Å². The molecule has 0 rings (SSSR count). The van der Waals surface area contributed by atoms with E-state index in [1.165, 1.54) is 5.57 Å². The molecular weight excluding hydrogens is 160 g/mol. The number of aliphatic hydroxyl groups is 1. The molecule has 1 N–H and O–H groups in total.